The number of fused-ring (bicyclic) bond motifs is 3. The van der Waals surface area contributed by atoms with E-state index in [4.69, 9.17) is 23.4 Å². The summed E-state index contributed by atoms with van der Waals surface area (Å²) in [5, 5.41) is 0.414. The first-order valence-electron chi connectivity index (χ1n) is 9.97. The highest BCUT2D eigenvalue weighted by Crippen LogP contribution is 2.32. The second kappa shape index (κ2) is 9.20. The molecule has 2 aromatic carbocycles. The smallest absolute Gasteiger partial charge is 0.338 e. The van der Waals surface area contributed by atoms with Gasteiger partial charge in [0, 0.05) is 20.2 Å². The predicted octanol–water partition coefficient (Wildman–Crippen LogP) is 3.56. The molecule has 0 radical (unpaired) electrons. The summed E-state index contributed by atoms with van der Waals surface area (Å²) in [7, 11) is 1.65. The molecule has 8 heteroatoms. The van der Waals surface area contributed by atoms with Crippen molar-refractivity contribution in [3.8, 4) is 17.2 Å². The molecule has 0 bridgehead atoms. The topological polar surface area (TPSA) is 87.4 Å². The van der Waals surface area contributed by atoms with Gasteiger partial charge in [0.15, 0.2) is 0 Å². The Labute approximate surface area is 178 Å². The highest BCUT2D eigenvalue weighted by atomic mass is 16.5. The van der Waals surface area contributed by atoms with Gasteiger partial charge in [-0.05, 0) is 43.3 Å². The summed E-state index contributed by atoms with van der Waals surface area (Å²) in [6.45, 7) is 4.38. The van der Waals surface area contributed by atoms with Gasteiger partial charge in [0.1, 0.15) is 30.1 Å². The first-order chi connectivity index (χ1) is 15.1. The lowest BCUT2D eigenvalue weighted by Gasteiger charge is -2.28. The van der Waals surface area contributed by atoms with Gasteiger partial charge < -0.3 is 23.4 Å². The lowest BCUT2D eigenvalue weighted by Crippen LogP contribution is -2.34. The Morgan fingerprint density at radius 3 is 2.71 bits per heavy atom. The van der Waals surface area contributed by atoms with Crippen LogP contribution in [0.3, 0.4) is 0 Å². The number of methoxy groups -OCH3 is 1. The Morgan fingerprint density at radius 1 is 1.16 bits per heavy atom. The summed E-state index contributed by atoms with van der Waals surface area (Å²) in [5.74, 6) is 0.759. The van der Waals surface area contributed by atoms with Crippen LogP contribution in [0.4, 0.5) is 0 Å². The second-order valence-electron chi connectivity index (χ2n) is 7.01. The van der Waals surface area contributed by atoms with Crippen LogP contribution in [-0.4, -0.2) is 44.5 Å². The fourth-order valence-electron chi connectivity index (χ4n) is 3.37. The van der Waals surface area contributed by atoms with Crippen LogP contribution in [0.5, 0.6) is 17.2 Å². The lowest BCUT2D eigenvalue weighted by molar-refractivity contribution is 0.0526. The number of esters is 1. The van der Waals surface area contributed by atoms with Crippen molar-refractivity contribution in [2.24, 2.45) is 0 Å². The molecule has 1 aromatic heterocycles. The Morgan fingerprint density at radius 2 is 1.97 bits per heavy atom. The van der Waals surface area contributed by atoms with E-state index >= 15 is 0 Å². The van der Waals surface area contributed by atoms with E-state index in [0.717, 1.165) is 5.56 Å². The summed E-state index contributed by atoms with van der Waals surface area (Å²) in [6, 6.07) is 9.83. The van der Waals surface area contributed by atoms with Crippen molar-refractivity contribution in [2.45, 2.75) is 13.5 Å². The molecule has 4 rings (SSSR count). The van der Waals surface area contributed by atoms with E-state index in [0.29, 0.717) is 61.1 Å². The van der Waals surface area contributed by atoms with Crippen molar-refractivity contribution in [3.63, 3.8) is 0 Å². The molecule has 0 aliphatic carbocycles. The molecule has 0 unspecified atom stereocenters. The highest BCUT2D eigenvalue weighted by molar-refractivity contribution is 5.89. The maximum atomic E-state index is 13.0. The average molecular weight is 425 g/mol. The van der Waals surface area contributed by atoms with Gasteiger partial charge >= 0.3 is 5.97 Å². The minimum Gasteiger partial charge on any atom is -0.478 e. The van der Waals surface area contributed by atoms with Crippen molar-refractivity contribution < 1.29 is 28.2 Å². The molecular formula is C23H23NO7. The minimum atomic E-state index is -0.411. The summed E-state index contributed by atoms with van der Waals surface area (Å²) >= 11 is 0. The zero-order chi connectivity index (χ0) is 21.8. The zero-order valence-corrected chi connectivity index (χ0v) is 17.4. The van der Waals surface area contributed by atoms with E-state index in [1.54, 1.807) is 50.4 Å². The van der Waals surface area contributed by atoms with Crippen LogP contribution in [0.2, 0.25) is 0 Å². The second-order valence-corrected chi connectivity index (χ2v) is 7.01. The monoisotopic (exact) mass is 425 g/mol. The lowest BCUT2D eigenvalue weighted by atomic mass is 10.1. The molecule has 1 aliphatic rings. The van der Waals surface area contributed by atoms with E-state index in [1.165, 1.54) is 6.26 Å². The Bertz CT molecular complexity index is 1140. The van der Waals surface area contributed by atoms with Crippen molar-refractivity contribution in [2.75, 3.05) is 33.6 Å². The molecule has 0 saturated carbocycles. The van der Waals surface area contributed by atoms with Crippen molar-refractivity contribution in [3.05, 3.63) is 64.0 Å². The molecule has 0 spiro atoms. The van der Waals surface area contributed by atoms with Crippen molar-refractivity contribution in [1.29, 1.82) is 0 Å². The van der Waals surface area contributed by atoms with Crippen LogP contribution in [-0.2, 0) is 16.0 Å². The number of carbonyl (C=O) groups excluding carboxylic acids is 1. The van der Waals surface area contributed by atoms with Gasteiger partial charge in [-0.15, -0.1) is 0 Å². The number of hydrogen-bond acceptors (Lipinski definition) is 8. The maximum absolute atomic E-state index is 13.0. The SMILES string of the molecule is CCOC(=O)c1ccc(Oc2coc3c4c(ccc3c2=O)OCN(CCOC)C4)cc1. The van der Waals surface area contributed by atoms with E-state index in [-0.39, 0.29) is 11.2 Å². The normalized spacial score (nSPS) is 13.5. The van der Waals surface area contributed by atoms with E-state index in [2.05, 4.69) is 4.90 Å². The number of carbonyl (C=O) groups is 1. The van der Waals surface area contributed by atoms with Crippen molar-refractivity contribution >= 4 is 16.9 Å². The zero-order valence-electron chi connectivity index (χ0n) is 17.4. The van der Waals surface area contributed by atoms with Crippen LogP contribution >= 0.6 is 0 Å². The third-order valence-corrected chi connectivity index (χ3v) is 4.96. The Balaban J connectivity index is 1.59. The quantitative estimate of drug-likeness (QED) is 0.531. The van der Waals surface area contributed by atoms with Crippen LogP contribution in [0, 0.1) is 0 Å². The Kier molecular flexibility index (Phi) is 6.20. The van der Waals surface area contributed by atoms with Crippen LogP contribution in [0.15, 0.2) is 51.9 Å². The van der Waals surface area contributed by atoms with E-state index in [1.807, 2.05) is 0 Å². The molecule has 0 fully saturated rings. The molecule has 0 saturated heterocycles. The fourth-order valence-corrected chi connectivity index (χ4v) is 3.37. The maximum Gasteiger partial charge on any atom is 0.338 e. The first-order valence-corrected chi connectivity index (χ1v) is 9.97. The van der Waals surface area contributed by atoms with Crippen LogP contribution in [0.25, 0.3) is 11.0 Å². The first kappa shape index (κ1) is 20.9. The Hall–Kier alpha value is -3.36. The molecular weight excluding hydrogens is 402 g/mol. The largest absolute Gasteiger partial charge is 0.478 e. The number of rotatable bonds is 7. The molecule has 8 nitrogen and oxygen atoms in total. The predicted molar refractivity (Wildman–Crippen MR) is 113 cm³/mol. The standard InChI is InChI=1S/C23H23NO7/c1-3-28-23(26)15-4-6-16(7-5-15)31-20-13-29-22-17(21(20)25)8-9-19-18(22)12-24(14-30-19)10-11-27-2/h4-9,13H,3,10-12,14H2,1-2H3. The molecule has 0 N–H and O–H groups in total. The van der Waals surface area contributed by atoms with Crippen LogP contribution in [0.1, 0.15) is 22.8 Å². The third-order valence-electron chi connectivity index (χ3n) is 4.96. The minimum absolute atomic E-state index is 0.0595. The number of ether oxygens (including phenoxy) is 4. The van der Waals surface area contributed by atoms with Gasteiger partial charge in [-0.2, -0.15) is 0 Å². The van der Waals surface area contributed by atoms with Gasteiger partial charge in [0.2, 0.25) is 11.2 Å². The number of benzene rings is 2. The van der Waals surface area contributed by atoms with Crippen LogP contribution < -0.4 is 14.9 Å². The van der Waals surface area contributed by atoms with Gasteiger partial charge in [-0.25, -0.2) is 4.79 Å². The summed E-state index contributed by atoms with van der Waals surface area (Å²) in [5.41, 5.74) is 1.42. The molecule has 162 valence electrons. The summed E-state index contributed by atoms with van der Waals surface area (Å²) in [4.78, 5) is 26.8. The number of hydrogen-bond donors (Lipinski definition) is 0. The number of nitrogens with zero attached hydrogens (tertiary/aromatic N) is 1. The van der Waals surface area contributed by atoms with Gasteiger partial charge in [-0.3, -0.25) is 9.69 Å². The summed E-state index contributed by atoms with van der Waals surface area (Å²) in [6.07, 6.45) is 1.30. The highest BCUT2D eigenvalue weighted by Gasteiger charge is 2.22. The van der Waals surface area contributed by atoms with Crippen molar-refractivity contribution in [1.82, 2.24) is 4.90 Å². The van der Waals surface area contributed by atoms with E-state index < -0.39 is 5.97 Å². The summed E-state index contributed by atoms with van der Waals surface area (Å²) < 4.78 is 27.4. The molecule has 2 heterocycles. The molecule has 0 amide bonds. The van der Waals surface area contributed by atoms with Gasteiger partial charge in [0.25, 0.3) is 0 Å². The molecule has 3 aromatic rings. The average Bonchev–Trinajstić information content (AvgIpc) is 2.79. The van der Waals surface area contributed by atoms with E-state index in [9.17, 15) is 9.59 Å². The molecule has 31 heavy (non-hydrogen) atoms. The fraction of sp³-hybridized carbons (Fsp3) is 0.304. The molecule has 0 atom stereocenters. The third kappa shape index (κ3) is 4.40. The molecule has 1 aliphatic heterocycles. The van der Waals surface area contributed by atoms with Gasteiger partial charge in [-0.1, -0.05) is 0 Å². The van der Waals surface area contributed by atoms with Gasteiger partial charge in [0.05, 0.1) is 29.7 Å².